The summed E-state index contributed by atoms with van der Waals surface area (Å²) < 4.78 is 0. The molecule has 1 aromatic heterocycles. The molecule has 1 fully saturated rings. The van der Waals surface area contributed by atoms with Crippen molar-refractivity contribution in [3.8, 4) is 0 Å². The van der Waals surface area contributed by atoms with Crippen LogP contribution in [0.15, 0.2) is 11.1 Å². The van der Waals surface area contributed by atoms with Gasteiger partial charge in [-0.15, -0.1) is 0 Å². The number of piperidine rings is 1. The van der Waals surface area contributed by atoms with Crippen LogP contribution in [0, 0.1) is 5.92 Å². The van der Waals surface area contributed by atoms with Gasteiger partial charge in [-0.1, -0.05) is 0 Å². The molecule has 16 heavy (non-hydrogen) atoms. The zero-order valence-corrected chi connectivity index (χ0v) is 8.85. The highest BCUT2D eigenvalue weighted by atomic mass is 16.1. The maximum Gasteiger partial charge on any atom is 0.276 e. The van der Waals surface area contributed by atoms with Crippen LogP contribution in [-0.4, -0.2) is 29.3 Å². The zero-order chi connectivity index (χ0) is 11.5. The molecule has 2 rings (SSSR count). The molecule has 0 radical (unpaired) electrons. The van der Waals surface area contributed by atoms with Crippen LogP contribution >= 0.6 is 0 Å². The van der Waals surface area contributed by atoms with Crippen molar-refractivity contribution in [2.24, 2.45) is 5.92 Å². The fourth-order valence-electron chi connectivity index (χ4n) is 1.90. The quantitative estimate of drug-likeness (QED) is 0.674. The minimum atomic E-state index is -0.317. The first-order chi connectivity index (χ1) is 7.72. The molecule has 0 unspecified atom stereocenters. The number of carbonyl (C=O) groups is 1. The Kier molecular flexibility index (Phi) is 2.89. The van der Waals surface area contributed by atoms with E-state index >= 15 is 0 Å². The number of hydrogen-bond donors (Lipinski definition) is 2. The molecule has 6 nitrogen and oxygen atoms in total. The third-order valence-electron chi connectivity index (χ3n) is 2.90. The first kappa shape index (κ1) is 10.7. The van der Waals surface area contributed by atoms with Gasteiger partial charge in [-0.3, -0.25) is 4.79 Å². The highest BCUT2D eigenvalue weighted by molar-refractivity contribution is 5.62. The predicted molar refractivity (Wildman–Crippen MR) is 60.3 cm³/mol. The SMILES string of the molecule is Nc1c(N2CCC(C=O)CC2)nc[nH]c1=O. The van der Waals surface area contributed by atoms with Gasteiger partial charge >= 0.3 is 0 Å². The summed E-state index contributed by atoms with van der Waals surface area (Å²) in [6.07, 6.45) is 3.92. The molecule has 0 amide bonds. The van der Waals surface area contributed by atoms with Crippen molar-refractivity contribution in [3.63, 3.8) is 0 Å². The molecular formula is C10H14N4O2. The Hall–Kier alpha value is -1.85. The number of aldehydes is 1. The van der Waals surface area contributed by atoms with Gasteiger partial charge in [-0.2, -0.15) is 0 Å². The highest BCUT2D eigenvalue weighted by Crippen LogP contribution is 2.22. The molecule has 2 heterocycles. The maximum atomic E-state index is 11.3. The lowest BCUT2D eigenvalue weighted by Gasteiger charge is -2.30. The van der Waals surface area contributed by atoms with Gasteiger partial charge in [-0.25, -0.2) is 4.98 Å². The number of carbonyl (C=O) groups excluding carboxylic acids is 1. The molecule has 0 aromatic carbocycles. The van der Waals surface area contributed by atoms with E-state index < -0.39 is 0 Å². The van der Waals surface area contributed by atoms with Crippen LogP contribution in [0.25, 0.3) is 0 Å². The lowest BCUT2D eigenvalue weighted by molar-refractivity contribution is -0.111. The summed E-state index contributed by atoms with van der Waals surface area (Å²) in [6.45, 7) is 1.42. The summed E-state index contributed by atoms with van der Waals surface area (Å²) in [5, 5.41) is 0. The first-order valence-electron chi connectivity index (χ1n) is 5.25. The van der Waals surface area contributed by atoms with E-state index in [9.17, 15) is 9.59 Å². The van der Waals surface area contributed by atoms with Crippen molar-refractivity contribution in [1.29, 1.82) is 0 Å². The summed E-state index contributed by atoms with van der Waals surface area (Å²) in [5.74, 6) is 0.646. The molecule has 3 N–H and O–H groups in total. The lowest BCUT2D eigenvalue weighted by Crippen LogP contribution is -2.36. The third kappa shape index (κ3) is 1.91. The molecule has 6 heteroatoms. The minimum Gasteiger partial charge on any atom is -0.391 e. The van der Waals surface area contributed by atoms with Gasteiger partial charge in [0, 0.05) is 19.0 Å². The molecule has 86 valence electrons. The average Bonchev–Trinajstić information content (AvgIpc) is 2.33. The van der Waals surface area contributed by atoms with Crippen LogP contribution in [0.2, 0.25) is 0 Å². The first-order valence-corrected chi connectivity index (χ1v) is 5.25. The van der Waals surface area contributed by atoms with Crippen molar-refractivity contribution in [3.05, 3.63) is 16.7 Å². The predicted octanol–water partition coefficient (Wildman–Crippen LogP) is -0.233. The monoisotopic (exact) mass is 222 g/mol. The van der Waals surface area contributed by atoms with Gasteiger partial charge in [0.05, 0.1) is 6.33 Å². The van der Waals surface area contributed by atoms with E-state index in [4.69, 9.17) is 5.73 Å². The summed E-state index contributed by atoms with van der Waals surface area (Å²) in [4.78, 5) is 30.4. The van der Waals surface area contributed by atoms with Crippen LogP contribution in [0.4, 0.5) is 11.5 Å². The van der Waals surface area contributed by atoms with E-state index in [1.807, 2.05) is 4.90 Å². The molecule has 1 aliphatic rings. The lowest BCUT2D eigenvalue weighted by atomic mass is 9.99. The second-order valence-corrected chi connectivity index (χ2v) is 3.93. The van der Waals surface area contributed by atoms with E-state index in [2.05, 4.69) is 9.97 Å². The van der Waals surface area contributed by atoms with E-state index in [1.165, 1.54) is 6.33 Å². The van der Waals surface area contributed by atoms with Gasteiger partial charge in [0.2, 0.25) is 0 Å². The summed E-state index contributed by atoms with van der Waals surface area (Å²) in [6, 6.07) is 0. The van der Waals surface area contributed by atoms with Crippen LogP contribution in [0.3, 0.4) is 0 Å². The number of nitrogen functional groups attached to an aromatic ring is 1. The Morgan fingerprint density at radius 3 is 2.81 bits per heavy atom. The second kappa shape index (κ2) is 4.34. The van der Waals surface area contributed by atoms with Crippen molar-refractivity contribution in [2.75, 3.05) is 23.7 Å². The maximum absolute atomic E-state index is 11.3. The number of nitrogens with zero attached hydrogens (tertiary/aromatic N) is 2. The zero-order valence-electron chi connectivity index (χ0n) is 8.85. The minimum absolute atomic E-state index is 0.125. The summed E-state index contributed by atoms with van der Waals surface area (Å²) >= 11 is 0. The molecule has 0 spiro atoms. The molecule has 1 saturated heterocycles. The Bertz CT molecular complexity index is 435. The van der Waals surface area contributed by atoms with Crippen molar-refractivity contribution < 1.29 is 4.79 Å². The molecule has 1 aliphatic heterocycles. The number of aromatic amines is 1. The Balaban J connectivity index is 2.17. The Labute approximate surface area is 92.5 Å². The van der Waals surface area contributed by atoms with Crippen molar-refractivity contribution >= 4 is 17.8 Å². The number of anilines is 2. The van der Waals surface area contributed by atoms with Gasteiger partial charge in [0.1, 0.15) is 12.0 Å². The number of hydrogen-bond acceptors (Lipinski definition) is 5. The molecule has 0 aliphatic carbocycles. The van der Waals surface area contributed by atoms with E-state index in [1.54, 1.807) is 0 Å². The largest absolute Gasteiger partial charge is 0.391 e. The number of nitrogens with two attached hydrogens (primary N) is 1. The van der Waals surface area contributed by atoms with E-state index in [0.717, 1.165) is 19.1 Å². The Morgan fingerprint density at radius 2 is 2.19 bits per heavy atom. The van der Waals surface area contributed by atoms with Crippen molar-refractivity contribution in [1.82, 2.24) is 9.97 Å². The van der Waals surface area contributed by atoms with Gasteiger partial charge in [0.15, 0.2) is 5.82 Å². The molecule has 0 saturated carbocycles. The van der Waals surface area contributed by atoms with Gasteiger partial charge in [0.25, 0.3) is 5.56 Å². The second-order valence-electron chi connectivity index (χ2n) is 3.93. The van der Waals surface area contributed by atoms with Gasteiger partial charge < -0.3 is 20.4 Å². The topological polar surface area (TPSA) is 92.1 Å². The number of H-pyrrole nitrogens is 1. The normalized spacial score (nSPS) is 17.4. The fraction of sp³-hybridized carbons (Fsp3) is 0.500. The van der Waals surface area contributed by atoms with Crippen LogP contribution in [0.1, 0.15) is 12.8 Å². The number of nitrogens with one attached hydrogen (secondary N) is 1. The summed E-state index contributed by atoms with van der Waals surface area (Å²) in [7, 11) is 0. The molecule has 0 bridgehead atoms. The van der Waals surface area contributed by atoms with E-state index in [0.29, 0.717) is 18.9 Å². The standard InChI is InChI=1S/C10H14N4O2/c11-8-9(12-6-13-10(8)16)14-3-1-7(5-15)2-4-14/h5-7H,1-4,11H2,(H,12,13,16). The molecular weight excluding hydrogens is 208 g/mol. The van der Waals surface area contributed by atoms with Crippen LogP contribution < -0.4 is 16.2 Å². The smallest absolute Gasteiger partial charge is 0.276 e. The number of rotatable bonds is 2. The number of aromatic nitrogens is 2. The van der Waals surface area contributed by atoms with Gasteiger partial charge in [-0.05, 0) is 12.8 Å². The van der Waals surface area contributed by atoms with E-state index in [-0.39, 0.29) is 17.2 Å². The highest BCUT2D eigenvalue weighted by Gasteiger charge is 2.21. The van der Waals surface area contributed by atoms with Crippen LogP contribution in [-0.2, 0) is 4.79 Å². The molecule has 0 atom stereocenters. The third-order valence-corrected chi connectivity index (χ3v) is 2.90. The average molecular weight is 222 g/mol. The van der Waals surface area contributed by atoms with Crippen molar-refractivity contribution in [2.45, 2.75) is 12.8 Å². The van der Waals surface area contributed by atoms with Crippen LogP contribution in [0.5, 0.6) is 0 Å². The summed E-state index contributed by atoms with van der Waals surface area (Å²) in [5.41, 5.74) is 5.49. The molecule has 1 aromatic rings. The Morgan fingerprint density at radius 1 is 1.50 bits per heavy atom. The fourth-order valence-corrected chi connectivity index (χ4v) is 1.90.